The van der Waals surface area contributed by atoms with Gasteiger partial charge in [-0.15, -0.1) is 5.10 Å². The number of nitrogens with zero attached hydrogens (tertiary/aromatic N) is 4. The molecule has 1 fully saturated rings. The van der Waals surface area contributed by atoms with Gasteiger partial charge in [-0.05, 0) is 12.5 Å². The van der Waals surface area contributed by atoms with E-state index in [1.54, 1.807) is 19.9 Å². The van der Waals surface area contributed by atoms with Crippen molar-refractivity contribution in [2.45, 2.75) is 26.4 Å². The van der Waals surface area contributed by atoms with E-state index in [4.69, 9.17) is 5.26 Å². The summed E-state index contributed by atoms with van der Waals surface area (Å²) in [5.41, 5.74) is -2.61. The van der Waals surface area contributed by atoms with Crippen LogP contribution < -0.4 is 0 Å². The van der Waals surface area contributed by atoms with Crippen molar-refractivity contribution < 1.29 is 22.8 Å². The first-order chi connectivity index (χ1) is 12.0. The standard InChI is InChI=1S/C17H15F3N4O2/c1-15(2)7-16(4-10(5-21)13(15)25)8-24(9-16)14(26)12-3-11(6-22-23-12)17(18,19)20/h3-4,6H,7-9H2,1-2H3. The molecule has 0 aromatic carbocycles. The van der Waals surface area contributed by atoms with Crippen LogP contribution in [0.3, 0.4) is 0 Å². The second kappa shape index (κ2) is 5.62. The summed E-state index contributed by atoms with van der Waals surface area (Å²) in [6.07, 6.45) is -2.00. The van der Waals surface area contributed by atoms with Gasteiger partial charge in [0.1, 0.15) is 6.07 Å². The number of carbonyl (C=O) groups excluding carboxylic acids is 2. The van der Waals surface area contributed by atoms with E-state index in [9.17, 15) is 22.8 Å². The molecule has 0 saturated carbocycles. The van der Waals surface area contributed by atoms with Gasteiger partial charge in [0.15, 0.2) is 11.5 Å². The number of hydrogen-bond acceptors (Lipinski definition) is 5. The third kappa shape index (κ3) is 2.96. The molecule has 0 bridgehead atoms. The Hall–Kier alpha value is -2.76. The van der Waals surface area contributed by atoms with E-state index in [-0.39, 0.29) is 30.1 Å². The Labute approximate surface area is 147 Å². The SMILES string of the molecule is CC1(C)CC2(C=C(C#N)C1=O)CN(C(=O)c1cc(C(F)(F)F)cnn1)C2. The summed E-state index contributed by atoms with van der Waals surface area (Å²) in [5.74, 6) is -0.894. The van der Waals surface area contributed by atoms with E-state index in [1.807, 2.05) is 6.07 Å². The Kier molecular flexibility index (Phi) is 3.90. The highest BCUT2D eigenvalue weighted by molar-refractivity contribution is 6.04. The molecule has 0 atom stereocenters. The van der Waals surface area contributed by atoms with Crippen molar-refractivity contribution in [3.63, 3.8) is 0 Å². The fourth-order valence-corrected chi connectivity index (χ4v) is 3.68. The fourth-order valence-electron chi connectivity index (χ4n) is 3.68. The van der Waals surface area contributed by atoms with Crippen molar-refractivity contribution in [3.05, 3.63) is 35.2 Å². The molecule has 1 aliphatic carbocycles. The topological polar surface area (TPSA) is 87.0 Å². The highest BCUT2D eigenvalue weighted by Crippen LogP contribution is 2.48. The number of allylic oxidation sites excluding steroid dienone is 1. The van der Waals surface area contributed by atoms with Gasteiger partial charge in [0.05, 0.1) is 17.3 Å². The van der Waals surface area contributed by atoms with Gasteiger partial charge in [0, 0.05) is 23.9 Å². The van der Waals surface area contributed by atoms with E-state index in [2.05, 4.69) is 10.2 Å². The highest BCUT2D eigenvalue weighted by Gasteiger charge is 2.52. The molecule has 2 aliphatic rings. The molecule has 6 nitrogen and oxygen atoms in total. The van der Waals surface area contributed by atoms with Crippen LogP contribution in [0.15, 0.2) is 23.9 Å². The second-order valence-corrected chi connectivity index (χ2v) is 7.41. The van der Waals surface area contributed by atoms with Crippen molar-refractivity contribution >= 4 is 11.7 Å². The van der Waals surface area contributed by atoms with Gasteiger partial charge in [-0.25, -0.2) is 0 Å². The van der Waals surface area contributed by atoms with Crippen LogP contribution in [0.4, 0.5) is 13.2 Å². The lowest BCUT2D eigenvalue weighted by Gasteiger charge is -2.53. The molecule has 0 N–H and O–H groups in total. The smallest absolute Gasteiger partial charge is 0.335 e. The van der Waals surface area contributed by atoms with E-state index >= 15 is 0 Å². The maximum absolute atomic E-state index is 12.8. The Balaban J connectivity index is 1.80. The number of aromatic nitrogens is 2. The summed E-state index contributed by atoms with van der Waals surface area (Å²) in [6, 6.07) is 2.57. The van der Waals surface area contributed by atoms with E-state index in [0.29, 0.717) is 18.7 Å². The first kappa shape index (κ1) is 18.0. The van der Waals surface area contributed by atoms with Gasteiger partial charge in [-0.2, -0.15) is 23.5 Å². The summed E-state index contributed by atoms with van der Waals surface area (Å²) < 4.78 is 38.3. The predicted molar refractivity (Wildman–Crippen MR) is 82.5 cm³/mol. The number of rotatable bonds is 1. The summed E-state index contributed by atoms with van der Waals surface area (Å²) >= 11 is 0. The Morgan fingerprint density at radius 1 is 1.35 bits per heavy atom. The molecule has 3 rings (SSSR count). The predicted octanol–water partition coefficient (Wildman–Crippen LogP) is 2.39. The summed E-state index contributed by atoms with van der Waals surface area (Å²) in [5, 5.41) is 15.9. The maximum atomic E-state index is 12.8. The van der Waals surface area contributed by atoms with Crippen molar-refractivity contribution in [2.24, 2.45) is 10.8 Å². The van der Waals surface area contributed by atoms with Crippen LogP contribution in [0.1, 0.15) is 36.3 Å². The molecular formula is C17H15F3N4O2. The lowest BCUT2D eigenvalue weighted by Crippen LogP contribution is -2.61. The molecule has 1 spiro atoms. The normalized spacial score (nSPS) is 21.0. The molecule has 9 heteroatoms. The Morgan fingerprint density at radius 2 is 2.00 bits per heavy atom. The van der Waals surface area contributed by atoms with Crippen LogP contribution in [0.25, 0.3) is 0 Å². The monoisotopic (exact) mass is 364 g/mol. The van der Waals surface area contributed by atoms with E-state index in [0.717, 1.165) is 0 Å². The molecule has 1 aromatic heterocycles. The molecule has 26 heavy (non-hydrogen) atoms. The lowest BCUT2D eigenvalue weighted by molar-refractivity contribution is -0.138. The number of amides is 1. The van der Waals surface area contributed by atoms with Gasteiger partial charge in [-0.1, -0.05) is 19.9 Å². The first-order valence-corrected chi connectivity index (χ1v) is 7.84. The molecular weight excluding hydrogens is 349 g/mol. The van der Waals surface area contributed by atoms with Gasteiger partial charge in [0.2, 0.25) is 0 Å². The van der Waals surface area contributed by atoms with Crippen LogP contribution in [0.5, 0.6) is 0 Å². The van der Waals surface area contributed by atoms with Crippen LogP contribution >= 0.6 is 0 Å². The number of nitriles is 1. The van der Waals surface area contributed by atoms with Crippen molar-refractivity contribution in [1.82, 2.24) is 15.1 Å². The molecule has 1 amide bonds. The molecule has 0 radical (unpaired) electrons. The zero-order valence-electron chi connectivity index (χ0n) is 14.1. The highest BCUT2D eigenvalue weighted by atomic mass is 19.4. The van der Waals surface area contributed by atoms with Gasteiger partial charge < -0.3 is 4.90 Å². The number of Topliss-reactive ketones (excluding diaryl/α,β-unsaturated/α-hetero) is 1. The van der Waals surface area contributed by atoms with Gasteiger partial charge in [0.25, 0.3) is 5.91 Å². The number of halogens is 3. The largest absolute Gasteiger partial charge is 0.418 e. The average Bonchev–Trinajstić information content (AvgIpc) is 2.53. The summed E-state index contributed by atoms with van der Waals surface area (Å²) in [7, 11) is 0. The number of alkyl halides is 3. The minimum absolute atomic E-state index is 0.0622. The van der Waals surface area contributed by atoms with Crippen LogP contribution in [-0.4, -0.2) is 39.9 Å². The zero-order chi connectivity index (χ0) is 19.3. The Bertz CT molecular complexity index is 861. The Morgan fingerprint density at radius 3 is 2.58 bits per heavy atom. The molecule has 136 valence electrons. The van der Waals surface area contributed by atoms with Crippen molar-refractivity contribution in [1.29, 1.82) is 5.26 Å². The summed E-state index contributed by atoms with van der Waals surface area (Å²) in [4.78, 5) is 25.9. The van der Waals surface area contributed by atoms with Crippen molar-refractivity contribution in [3.8, 4) is 6.07 Å². The second-order valence-electron chi connectivity index (χ2n) is 7.41. The van der Waals surface area contributed by atoms with Crippen LogP contribution in [0.2, 0.25) is 0 Å². The fraction of sp³-hybridized carbons (Fsp3) is 0.471. The molecule has 1 saturated heterocycles. The van der Waals surface area contributed by atoms with Gasteiger partial charge in [-0.3, -0.25) is 9.59 Å². The minimum Gasteiger partial charge on any atom is -0.335 e. The number of ketones is 1. The number of likely N-dealkylation sites (tertiary alicyclic amines) is 1. The molecule has 1 aromatic rings. The lowest BCUT2D eigenvalue weighted by atomic mass is 9.61. The number of carbonyl (C=O) groups is 2. The summed E-state index contributed by atoms with van der Waals surface area (Å²) in [6.45, 7) is 3.91. The third-order valence-corrected chi connectivity index (χ3v) is 4.72. The zero-order valence-corrected chi connectivity index (χ0v) is 14.1. The van der Waals surface area contributed by atoms with E-state index in [1.165, 1.54) is 4.90 Å². The van der Waals surface area contributed by atoms with Crippen molar-refractivity contribution in [2.75, 3.05) is 13.1 Å². The molecule has 1 aliphatic heterocycles. The average molecular weight is 364 g/mol. The number of hydrogen-bond donors (Lipinski definition) is 0. The quantitative estimate of drug-likeness (QED) is 0.764. The molecule has 2 heterocycles. The van der Waals surface area contributed by atoms with Crippen LogP contribution in [-0.2, 0) is 11.0 Å². The maximum Gasteiger partial charge on any atom is 0.418 e. The van der Waals surface area contributed by atoms with Crippen LogP contribution in [0, 0.1) is 22.2 Å². The first-order valence-electron chi connectivity index (χ1n) is 7.84. The third-order valence-electron chi connectivity index (χ3n) is 4.72. The van der Waals surface area contributed by atoms with E-state index < -0.39 is 28.5 Å². The minimum atomic E-state index is -4.61. The van der Waals surface area contributed by atoms with Gasteiger partial charge >= 0.3 is 6.18 Å². The molecule has 0 unspecified atom stereocenters.